The van der Waals surface area contributed by atoms with E-state index in [0.717, 1.165) is 23.1 Å². The standard InChI is InChI=1S/C17H23NO3/c1-11-6-4-7-12(2)15(11)10-16(19)18-9-5-8-14(13(18)3)17(20)21/h4,6-7,13-14H,5,8-10H2,1-3H3,(H,20,21)/t13-,14-/m1/s1. The predicted octanol–water partition coefficient (Wildman–Crippen LogP) is 2.56. The van der Waals surface area contributed by atoms with Crippen LogP contribution in [0.25, 0.3) is 0 Å². The first-order valence-electron chi connectivity index (χ1n) is 7.49. The largest absolute Gasteiger partial charge is 0.481 e. The van der Waals surface area contributed by atoms with Crippen LogP contribution >= 0.6 is 0 Å². The molecule has 2 atom stereocenters. The van der Waals surface area contributed by atoms with Gasteiger partial charge >= 0.3 is 5.97 Å². The Balaban J connectivity index is 2.14. The van der Waals surface area contributed by atoms with Crippen LogP contribution < -0.4 is 0 Å². The molecule has 0 radical (unpaired) electrons. The Bertz CT molecular complexity index is 533. The van der Waals surface area contributed by atoms with Crippen molar-refractivity contribution in [3.63, 3.8) is 0 Å². The number of carboxylic acids is 1. The first-order valence-corrected chi connectivity index (χ1v) is 7.49. The predicted molar refractivity (Wildman–Crippen MR) is 81.2 cm³/mol. The average molecular weight is 289 g/mol. The molecule has 21 heavy (non-hydrogen) atoms. The zero-order chi connectivity index (χ0) is 15.6. The lowest BCUT2D eigenvalue weighted by molar-refractivity contribution is -0.148. The summed E-state index contributed by atoms with van der Waals surface area (Å²) in [6.07, 6.45) is 1.78. The Morgan fingerprint density at radius 3 is 2.48 bits per heavy atom. The number of amides is 1. The summed E-state index contributed by atoms with van der Waals surface area (Å²) >= 11 is 0. The third-order valence-corrected chi connectivity index (χ3v) is 4.60. The van der Waals surface area contributed by atoms with Crippen molar-refractivity contribution in [2.24, 2.45) is 5.92 Å². The number of aryl methyl sites for hydroxylation is 2. The number of rotatable bonds is 3. The van der Waals surface area contributed by atoms with Gasteiger partial charge in [-0.15, -0.1) is 0 Å². The van der Waals surface area contributed by atoms with Gasteiger partial charge in [0.1, 0.15) is 0 Å². The molecule has 4 nitrogen and oxygen atoms in total. The van der Waals surface area contributed by atoms with Crippen LogP contribution in [0.1, 0.15) is 36.5 Å². The van der Waals surface area contributed by atoms with Gasteiger partial charge in [-0.05, 0) is 50.3 Å². The van der Waals surface area contributed by atoms with Crippen LogP contribution in [0.2, 0.25) is 0 Å². The molecule has 1 saturated heterocycles. The highest BCUT2D eigenvalue weighted by Crippen LogP contribution is 2.25. The van der Waals surface area contributed by atoms with Gasteiger partial charge in [-0.25, -0.2) is 0 Å². The van der Waals surface area contributed by atoms with Gasteiger partial charge in [0.15, 0.2) is 0 Å². The lowest BCUT2D eigenvalue weighted by Gasteiger charge is -2.37. The van der Waals surface area contributed by atoms with Crippen LogP contribution in [0, 0.1) is 19.8 Å². The first-order chi connectivity index (χ1) is 9.91. The molecule has 1 N–H and O–H groups in total. The molecule has 1 amide bonds. The second-order valence-corrected chi connectivity index (χ2v) is 5.96. The second kappa shape index (κ2) is 6.29. The molecule has 1 fully saturated rings. The molecule has 114 valence electrons. The number of hydrogen-bond donors (Lipinski definition) is 1. The van der Waals surface area contributed by atoms with Gasteiger partial charge < -0.3 is 10.0 Å². The molecule has 0 saturated carbocycles. The van der Waals surface area contributed by atoms with Crippen molar-refractivity contribution >= 4 is 11.9 Å². The zero-order valence-corrected chi connectivity index (χ0v) is 12.9. The Labute approximate surface area is 125 Å². The maximum Gasteiger partial charge on any atom is 0.308 e. The summed E-state index contributed by atoms with van der Waals surface area (Å²) in [4.78, 5) is 25.6. The van der Waals surface area contributed by atoms with Crippen LogP contribution in [0.4, 0.5) is 0 Å². The van der Waals surface area contributed by atoms with E-state index in [1.807, 2.05) is 39.0 Å². The molecule has 0 bridgehead atoms. The summed E-state index contributed by atoms with van der Waals surface area (Å²) in [5.74, 6) is -1.21. The van der Waals surface area contributed by atoms with E-state index in [2.05, 4.69) is 0 Å². The van der Waals surface area contributed by atoms with E-state index in [4.69, 9.17) is 0 Å². The fourth-order valence-corrected chi connectivity index (χ4v) is 3.21. The van der Waals surface area contributed by atoms with Crippen LogP contribution in [0.5, 0.6) is 0 Å². The minimum absolute atomic E-state index is 0.0332. The summed E-state index contributed by atoms with van der Waals surface area (Å²) in [5, 5.41) is 9.25. The Morgan fingerprint density at radius 2 is 1.90 bits per heavy atom. The molecule has 1 aliphatic heterocycles. The van der Waals surface area contributed by atoms with Crippen molar-refractivity contribution in [1.82, 2.24) is 4.90 Å². The van der Waals surface area contributed by atoms with Crippen molar-refractivity contribution in [3.8, 4) is 0 Å². The normalized spacial score (nSPS) is 22.1. The van der Waals surface area contributed by atoms with Crippen LogP contribution in [0.3, 0.4) is 0 Å². The van der Waals surface area contributed by atoms with Gasteiger partial charge in [0.2, 0.25) is 5.91 Å². The number of piperidine rings is 1. The molecule has 4 heteroatoms. The average Bonchev–Trinajstić information content (AvgIpc) is 2.42. The number of carbonyl (C=O) groups is 2. The Kier molecular flexibility index (Phi) is 4.66. The highest BCUT2D eigenvalue weighted by Gasteiger charge is 2.35. The topological polar surface area (TPSA) is 57.6 Å². The molecular weight excluding hydrogens is 266 g/mol. The van der Waals surface area contributed by atoms with E-state index < -0.39 is 11.9 Å². The minimum atomic E-state index is -0.799. The molecule has 2 rings (SSSR count). The van der Waals surface area contributed by atoms with Gasteiger partial charge in [-0.2, -0.15) is 0 Å². The summed E-state index contributed by atoms with van der Waals surface area (Å²) in [7, 11) is 0. The van der Waals surface area contributed by atoms with Crippen molar-refractivity contribution < 1.29 is 14.7 Å². The SMILES string of the molecule is Cc1cccc(C)c1CC(=O)N1CCC[C@@H](C(=O)O)[C@H]1C. The van der Waals surface area contributed by atoms with Crippen molar-refractivity contribution in [2.45, 2.75) is 46.1 Å². The van der Waals surface area contributed by atoms with E-state index >= 15 is 0 Å². The fraction of sp³-hybridized carbons (Fsp3) is 0.529. The third-order valence-electron chi connectivity index (χ3n) is 4.60. The van der Waals surface area contributed by atoms with Gasteiger partial charge in [-0.1, -0.05) is 18.2 Å². The summed E-state index contributed by atoms with van der Waals surface area (Å²) in [5.41, 5.74) is 3.29. The number of aliphatic carboxylic acids is 1. The van der Waals surface area contributed by atoms with Gasteiger partial charge in [0.25, 0.3) is 0 Å². The van der Waals surface area contributed by atoms with Crippen LogP contribution in [-0.4, -0.2) is 34.5 Å². The lowest BCUT2D eigenvalue weighted by Crippen LogP contribution is -2.49. The number of hydrogen-bond acceptors (Lipinski definition) is 2. The second-order valence-electron chi connectivity index (χ2n) is 5.96. The molecule has 1 aliphatic rings. The molecular formula is C17H23NO3. The van der Waals surface area contributed by atoms with E-state index in [1.54, 1.807) is 4.90 Å². The quantitative estimate of drug-likeness (QED) is 0.930. The van der Waals surface area contributed by atoms with E-state index in [0.29, 0.717) is 19.4 Å². The highest BCUT2D eigenvalue weighted by atomic mass is 16.4. The number of nitrogens with zero attached hydrogens (tertiary/aromatic N) is 1. The fourth-order valence-electron chi connectivity index (χ4n) is 3.21. The molecule has 1 heterocycles. The number of likely N-dealkylation sites (tertiary alicyclic amines) is 1. The summed E-state index contributed by atoms with van der Waals surface area (Å²) in [6.45, 7) is 6.53. The van der Waals surface area contributed by atoms with Crippen molar-refractivity contribution in [2.75, 3.05) is 6.54 Å². The first kappa shape index (κ1) is 15.5. The summed E-state index contributed by atoms with van der Waals surface area (Å²) < 4.78 is 0. The molecule has 0 unspecified atom stereocenters. The molecule has 0 aliphatic carbocycles. The zero-order valence-electron chi connectivity index (χ0n) is 12.9. The highest BCUT2D eigenvalue weighted by molar-refractivity contribution is 5.81. The van der Waals surface area contributed by atoms with Crippen LogP contribution in [0.15, 0.2) is 18.2 Å². The maximum absolute atomic E-state index is 12.6. The van der Waals surface area contributed by atoms with Crippen molar-refractivity contribution in [3.05, 3.63) is 34.9 Å². The maximum atomic E-state index is 12.6. The smallest absolute Gasteiger partial charge is 0.308 e. The van der Waals surface area contributed by atoms with Gasteiger partial charge in [-0.3, -0.25) is 9.59 Å². The van der Waals surface area contributed by atoms with Crippen molar-refractivity contribution in [1.29, 1.82) is 0 Å². The monoisotopic (exact) mass is 289 g/mol. The third kappa shape index (κ3) is 3.26. The molecule has 0 aromatic heterocycles. The number of carboxylic acid groups (broad SMARTS) is 1. The molecule has 1 aromatic rings. The number of benzene rings is 1. The molecule has 0 spiro atoms. The Morgan fingerprint density at radius 1 is 1.29 bits per heavy atom. The lowest BCUT2D eigenvalue weighted by atomic mass is 9.89. The molecule has 1 aromatic carbocycles. The minimum Gasteiger partial charge on any atom is -0.481 e. The summed E-state index contributed by atoms with van der Waals surface area (Å²) in [6, 6.07) is 5.78. The van der Waals surface area contributed by atoms with Crippen LogP contribution in [-0.2, 0) is 16.0 Å². The number of carbonyl (C=O) groups excluding carboxylic acids is 1. The van der Waals surface area contributed by atoms with Gasteiger partial charge in [0, 0.05) is 12.6 Å². The van der Waals surface area contributed by atoms with E-state index in [-0.39, 0.29) is 11.9 Å². The van der Waals surface area contributed by atoms with E-state index in [1.165, 1.54) is 0 Å². The van der Waals surface area contributed by atoms with Gasteiger partial charge in [0.05, 0.1) is 12.3 Å². The van der Waals surface area contributed by atoms with E-state index in [9.17, 15) is 14.7 Å². The Hall–Kier alpha value is -1.84.